The third-order valence-corrected chi connectivity index (χ3v) is 5.37. The maximum absolute atomic E-state index is 5.24. The van der Waals surface area contributed by atoms with Gasteiger partial charge in [0, 0.05) is 43.6 Å². The lowest BCUT2D eigenvalue weighted by Gasteiger charge is -2.37. The van der Waals surface area contributed by atoms with Crippen LogP contribution in [0.5, 0.6) is 5.75 Å². The highest BCUT2D eigenvalue weighted by Gasteiger charge is 2.24. The Morgan fingerprint density at radius 2 is 1.64 bits per heavy atom. The van der Waals surface area contributed by atoms with Crippen LogP contribution >= 0.6 is 0 Å². The number of hydrogen-bond donors (Lipinski definition) is 1. The summed E-state index contributed by atoms with van der Waals surface area (Å²) in [5.74, 6) is 0.911. The van der Waals surface area contributed by atoms with Gasteiger partial charge < -0.3 is 10.1 Å². The molecule has 1 aliphatic heterocycles. The highest BCUT2D eigenvalue weighted by atomic mass is 16.5. The van der Waals surface area contributed by atoms with E-state index in [9.17, 15) is 0 Å². The molecule has 1 aliphatic rings. The van der Waals surface area contributed by atoms with Gasteiger partial charge in [-0.05, 0) is 62.1 Å². The molecule has 1 N–H and O–H groups in total. The van der Waals surface area contributed by atoms with Crippen molar-refractivity contribution in [1.82, 2.24) is 15.2 Å². The van der Waals surface area contributed by atoms with E-state index in [1.54, 1.807) is 7.11 Å². The molecule has 2 aromatic rings. The van der Waals surface area contributed by atoms with Crippen molar-refractivity contribution >= 4 is 0 Å². The van der Waals surface area contributed by atoms with E-state index in [1.807, 2.05) is 24.5 Å². The number of rotatable bonds is 6. The third-order valence-electron chi connectivity index (χ3n) is 5.37. The van der Waals surface area contributed by atoms with Crippen molar-refractivity contribution in [1.29, 1.82) is 0 Å². The van der Waals surface area contributed by atoms with E-state index in [-0.39, 0.29) is 0 Å². The van der Waals surface area contributed by atoms with Crippen molar-refractivity contribution in [3.8, 4) is 5.75 Å². The summed E-state index contributed by atoms with van der Waals surface area (Å²) in [4.78, 5) is 6.70. The number of aromatic nitrogens is 1. The summed E-state index contributed by atoms with van der Waals surface area (Å²) in [6.07, 6.45) is 6.15. The van der Waals surface area contributed by atoms with Gasteiger partial charge in [0.15, 0.2) is 0 Å². The fourth-order valence-electron chi connectivity index (χ4n) is 3.65. The molecule has 134 valence electrons. The van der Waals surface area contributed by atoms with E-state index in [2.05, 4.69) is 53.3 Å². The molecule has 3 rings (SSSR count). The van der Waals surface area contributed by atoms with Crippen LogP contribution in [-0.4, -0.2) is 36.1 Å². The molecule has 2 atom stereocenters. The minimum Gasteiger partial charge on any atom is -0.497 e. The van der Waals surface area contributed by atoms with E-state index in [4.69, 9.17) is 4.74 Å². The van der Waals surface area contributed by atoms with Crippen LogP contribution < -0.4 is 10.1 Å². The van der Waals surface area contributed by atoms with Gasteiger partial charge in [-0.3, -0.25) is 9.88 Å². The predicted molar refractivity (Wildman–Crippen MR) is 102 cm³/mol. The normalized spacial score (nSPS) is 18.7. The first-order valence-corrected chi connectivity index (χ1v) is 9.21. The molecule has 0 bridgehead atoms. The topological polar surface area (TPSA) is 37.4 Å². The summed E-state index contributed by atoms with van der Waals surface area (Å²) >= 11 is 0. The Morgan fingerprint density at radius 3 is 2.24 bits per heavy atom. The lowest BCUT2D eigenvalue weighted by molar-refractivity contribution is 0.149. The van der Waals surface area contributed by atoms with Crippen LogP contribution in [0.3, 0.4) is 0 Å². The minimum atomic E-state index is 0.361. The molecular formula is C21H29N3O. The second-order valence-electron chi connectivity index (χ2n) is 6.93. The molecule has 2 unspecified atom stereocenters. The lowest BCUT2D eigenvalue weighted by Crippen LogP contribution is -2.44. The first kappa shape index (κ1) is 17.9. The van der Waals surface area contributed by atoms with Crippen LogP contribution in [0.1, 0.15) is 49.9 Å². The summed E-state index contributed by atoms with van der Waals surface area (Å²) < 4.78 is 5.24. The van der Waals surface area contributed by atoms with Gasteiger partial charge in [-0.25, -0.2) is 0 Å². The highest BCUT2D eigenvalue weighted by molar-refractivity contribution is 5.28. The zero-order valence-electron chi connectivity index (χ0n) is 15.5. The standard InChI is InChI=1S/C21H29N3O/c1-16(18-4-6-21(25-3)7-5-18)23-20-10-14-24(15-11-20)17(2)19-8-12-22-13-9-19/h4-9,12-13,16-17,20,23H,10-11,14-15H2,1-3H3. The molecule has 0 saturated carbocycles. The van der Waals surface area contributed by atoms with E-state index in [0.717, 1.165) is 18.8 Å². The molecule has 4 nitrogen and oxygen atoms in total. The second kappa shape index (κ2) is 8.45. The number of ether oxygens (including phenoxy) is 1. The quantitative estimate of drug-likeness (QED) is 0.864. The Bertz CT molecular complexity index is 636. The van der Waals surface area contributed by atoms with Gasteiger partial charge in [0.25, 0.3) is 0 Å². The molecule has 2 heterocycles. The van der Waals surface area contributed by atoms with Crippen LogP contribution in [-0.2, 0) is 0 Å². The number of likely N-dealkylation sites (tertiary alicyclic amines) is 1. The number of pyridine rings is 1. The van der Waals surface area contributed by atoms with E-state index in [1.165, 1.54) is 24.0 Å². The Kier molecular flexibility index (Phi) is 6.05. The molecule has 1 aromatic heterocycles. The predicted octanol–water partition coefficient (Wildman–Crippen LogP) is 3.97. The van der Waals surface area contributed by atoms with Crippen molar-refractivity contribution in [2.45, 2.75) is 44.8 Å². The first-order chi connectivity index (χ1) is 12.2. The minimum absolute atomic E-state index is 0.361. The maximum atomic E-state index is 5.24. The Balaban J connectivity index is 1.50. The van der Waals surface area contributed by atoms with Crippen molar-refractivity contribution in [2.24, 2.45) is 0 Å². The van der Waals surface area contributed by atoms with E-state index >= 15 is 0 Å². The Labute approximate surface area is 151 Å². The second-order valence-corrected chi connectivity index (χ2v) is 6.93. The Hall–Kier alpha value is -1.91. The fraction of sp³-hybridized carbons (Fsp3) is 0.476. The van der Waals surface area contributed by atoms with Gasteiger partial charge >= 0.3 is 0 Å². The van der Waals surface area contributed by atoms with E-state index in [0.29, 0.717) is 18.1 Å². The molecule has 1 fully saturated rings. The molecule has 1 saturated heterocycles. The third kappa shape index (κ3) is 4.59. The monoisotopic (exact) mass is 339 g/mol. The number of benzene rings is 1. The summed E-state index contributed by atoms with van der Waals surface area (Å²) in [7, 11) is 1.71. The fourth-order valence-corrected chi connectivity index (χ4v) is 3.65. The van der Waals surface area contributed by atoms with Crippen LogP contribution in [0.15, 0.2) is 48.8 Å². The lowest BCUT2D eigenvalue weighted by atomic mass is 9.99. The molecule has 0 aliphatic carbocycles. The van der Waals surface area contributed by atoms with Gasteiger partial charge in [0.05, 0.1) is 7.11 Å². The molecule has 0 radical (unpaired) electrons. The molecule has 25 heavy (non-hydrogen) atoms. The summed E-state index contributed by atoms with van der Waals surface area (Å²) in [6, 6.07) is 14.0. The zero-order valence-corrected chi connectivity index (χ0v) is 15.5. The van der Waals surface area contributed by atoms with Crippen LogP contribution in [0.2, 0.25) is 0 Å². The summed E-state index contributed by atoms with van der Waals surface area (Å²) in [5, 5.41) is 3.79. The van der Waals surface area contributed by atoms with Gasteiger partial charge in [-0.2, -0.15) is 0 Å². The molecule has 0 spiro atoms. The maximum Gasteiger partial charge on any atom is 0.118 e. The first-order valence-electron chi connectivity index (χ1n) is 9.21. The van der Waals surface area contributed by atoms with Crippen molar-refractivity contribution in [2.75, 3.05) is 20.2 Å². The summed E-state index contributed by atoms with van der Waals surface area (Å²) in [6.45, 7) is 6.81. The van der Waals surface area contributed by atoms with Gasteiger partial charge in [-0.15, -0.1) is 0 Å². The van der Waals surface area contributed by atoms with Gasteiger partial charge in [0.2, 0.25) is 0 Å². The highest BCUT2D eigenvalue weighted by Crippen LogP contribution is 2.25. The van der Waals surface area contributed by atoms with Crippen LogP contribution in [0.4, 0.5) is 0 Å². The number of piperidine rings is 1. The smallest absolute Gasteiger partial charge is 0.118 e. The number of hydrogen-bond acceptors (Lipinski definition) is 4. The van der Waals surface area contributed by atoms with Crippen molar-refractivity contribution in [3.63, 3.8) is 0 Å². The van der Waals surface area contributed by atoms with E-state index < -0.39 is 0 Å². The average Bonchev–Trinajstić information content (AvgIpc) is 2.68. The summed E-state index contributed by atoms with van der Waals surface area (Å²) in [5.41, 5.74) is 2.67. The average molecular weight is 339 g/mol. The largest absolute Gasteiger partial charge is 0.497 e. The number of methoxy groups -OCH3 is 1. The molecule has 4 heteroatoms. The molecule has 0 amide bonds. The van der Waals surface area contributed by atoms with Gasteiger partial charge in [0.1, 0.15) is 5.75 Å². The zero-order chi connectivity index (χ0) is 17.6. The SMILES string of the molecule is COc1ccc(C(C)NC2CCN(C(C)c3ccncc3)CC2)cc1. The van der Waals surface area contributed by atoms with Gasteiger partial charge in [-0.1, -0.05) is 12.1 Å². The Morgan fingerprint density at radius 1 is 1.00 bits per heavy atom. The van der Waals surface area contributed by atoms with Crippen molar-refractivity contribution in [3.05, 3.63) is 59.9 Å². The molecular weight excluding hydrogens is 310 g/mol. The molecule has 1 aromatic carbocycles. The number of nitrogens with one attached hydrogen (secondary N) is 1. The van der Waals surface area contributed by atoms with Crippen LogP contribution in [0, 0.1) is 0 Å². The van der Waals surface area contributed by atoms with Crippen LogP contribution in [0.25, 0.3) is 0 Å². The number of nitrogens with zero attached hydrogens (tertiary/aromatic N) is 2. The van der Waals surface area contributed by atoms with Crippen molar-refractivity contribution < 1.29 is 4.74 Å².